The Labute approximate surface area is 126 Å². The molecule has 0 radical (unpaired) electrons. The molecule has 0 aliphatic carbocycles. The summed E-state index contributed by atoms with van der Waals surface area (Å²) in [6.45, 7) is 3.39. The molecule has 1 aromatic carbocycles. The lowest BCUT2D eigenvalue weighted by atomic mass is 10.1. The highest BCUT2D eigenvalue weighted by Gasteiger charge is 2.24. The van der Waals surface area contributed by atoms with Crippen LogP contribution in [0.3, 0.4) is 0 Å². The van der Waals surface area contributed by atoms with Crippen molar-refractivity contribution in [2.45, 2.75) is 19.4 Å². The van der Waals surface area contributed by atoms with Crippen LogP contribution in [0, 0.1) is 5.92 Å². The minimum atomic E-state index is 0. The Kier molecular flexibility index (Phi) is 7.59. The van der Waals surface area contributed by atoms with Gasteiger partial charge in [0.25, 0.3) is 0 Å². The Hall–Kier alpha value is -1.10. The van der Waals surface area contributed by atoms with Crippen molar-refractivity contribution < 1.29 is 9.53 Å². The Morgan fingerprint density at radius 2 is 2.10 bits per heavy atom. The molecule has 2 N–H and O–H groups in total. The number of nitrogens with zero attached hydrogens (tertiary/aromatic N) is 1. The Balaban J connectivity index is 0.00000200. The summed E-state index contributed by atoms with van der Waals surface area (Å²) in [6, 6.07) is 10.00. The van der Waals surface area contributed by atoms with E-state index in [-0.39, 0.29) is 18.3 Å². The number of hydrogen-bond donors (Lipinski definition) is 1. The minimum Gasteiger partial charge on any atom is -0.376 e. The van der Waals surface area contributed by atoms with Crippen LogP contribution in [-0.4, -0.2) is 37.0 Å². The summed E-state index contributed by atoms with van der Waals surface area (Å²) < 4.78 is 5.53. The average Bonchev–Trinajstić information content (AvgIpc) is 2.93. The van der Waals surface area contributed by atoms with Gasteiger partial charge in [0, 0.05) is 13.1 Å². The standard InChI is InChI=1S/C15H22N2O2.ClH/c16-10-14-6-8-17(11-14)15(18)7-9-19-12-13-4-2-1-3-5-13;/h1-5,14H,6-12,16H2;1H. The van der Waals surface area contributed by atoms with E-state index in [1.165, 1.54) is 0 Å². The van der Waals surface area contributed by atoms with Gasteiger partial charge in [-0.2, -0.15) is 0 Å². The summed E-state index contributed by atoms with van der Waals surface area (Å²) in [5.74, 6) is 0.665. The molecule has 5 heteroatoms. The molecule has 1 heterocycles. The van der Waals surface area contributed by atoms with Crippen molar-refractivity contribution in [3.05, 3.63) is 35.9 Å². The van der Waals surface area contributed by atoms with E-state index in [4.69, 9.17) is 10.5 Å². The van der Waals surface area contributed by atoms with E-state index in [9.17, 15) is 4.79 Å². The largest absolute Gasteiger partial charge is 0.376 e. The van der Waals surface area contributed by atoms with Crippen molar-refractivity contribution >= 4 is 18.3 Å². The fourth-order valence-corrected chi connectivity index (χ4v) is 2.33. The van der Waals surface area contributed by atoms with Crippen LogP contribution in [0.5, 0.6) is 0 Å². The van der Waals surface area contributed by atoms with E-state index < -0.39 is 0 Å². The second kappa shape index (κ2) is 8.95. The summed E-state index contributed by atoms with van der Waals surface area (Å²) in [7, 11) is 0. The number of hydrogen-bond acceptors (Lipinski definition) is 3. The highest BCUT2D eigenvalue weighted by atomic mass is 35.5. The van der Waals surface area contributed by atoms with Crippen LogP contribution in [0.25, 0.3) is 0 Å². The second-order valence-corrected chi connectivity index (χ2v) is 5.02. The van der Waals surface area contributed by atoms with Gasteiger partial charge in [0.2, 0.25) is 5.91 Å². The first kappa shape index (κ1) is 17.0. The molecular weight excluding hydrogens is 276 g/mol. The predicted molar refractivity (Wildman–Crippen MR) is 81.7 cm³/mol. The predicted octanol–water partition coefficient (Wildman–Crippen LogP) is 1.82. The van der Waals surface area contributed by atoms with Crippen molar-refractivity contribution in [2.24, 2.45) is 11.7 Å². The van der Waals surface area contributed by atoms with Crippen LogP contribution in [0.1, 0.15) is 18.4 Å². The molecule has 1 atom stereocenters. The van der Waals surface area contributed by atoms with Gasteiger partial charge in [0.05, 0.1) is 19.6 Å². The van der Waals surface area contributed by atoms with Crippen molar-refractivity contribution in [3.63, 3.8) is 0 Å². The first-order valence-electron chi connectivity index (χ1n) is 6.89. The number of nitrogens with two attached hydrogens (primary N) is 1. The van der Waals surface area contributed by atoms with Crippen LogP contribution in [0.15, 0.2) is 30.3 Å². The summed E-state index contributed by atoms with van der Waals surface area (Å²) in [5.41, 5.74) is 6.76. The quantitative estimate of drug-likeness (QED) is 0.815. The topological polar surface area (TPSA) is 55.6 Å². The number of ether oxygens (including phenoxy) is 1. The van der Waals surface area contributed by atoms with Crippen molar-refractivity contribution in [1.82, 2.24) is 4.90 Å². The average molecular weight is 299 g/mol. The molecule has 0 aromatic heterocycles. The highest BCUT2D eigenvalue weighted by Crippen LogP contribution is 2.15. The molecular formula is C15H23ClN2O2. The molecule has 0 bridgehead atoms. The molecule has 0 spiro atoms. The molecule has 1 amide bonds. The van der Waals surface area contributed by atoms with E-state index in [1.807, 2.05) is 35.2 Å². The lowest BCUT2D eigenvalue weighted by molar-refractivity contribution is -0.131. The molecule has 1 aliphatic rings. The summed E-state index contributed by atoms with van der Waals surface area (Å²) >= 11 is 0. The molecule has 20 heavy (non-hydrogen) atoms. The minimum absolute atomic E-state index is 0. The van der Waals surface area contributed by atoms with Crippen molar-refractivity contribution in [3.8, 4) is 0 Å². The van der Waals surface area contributed by atoms with E-state index >= 15 is 0 Å². The zero-order chi connectivity index (χ0) is 13.5. The summed E-state index contributed by atoms with van der Waals surface area (Å²) in [6.07, 6.45) is 1.50. The number of amides is 1. The fourth-order valence-electron chi connectivity index (χ4n) is 2.33. The number of carbonyl (C=O) groups excluding carboxylic acids is 1. The summed E-state index contributed by atoms with van der Waals surface area (Å²) in [5, 5.41) is 0. The molecule has 2 rings (SSSR count). The van der Waals surface area contributed by atoms with Crippen molar-refractivity contribution in [2.75, 3.05) is 26.2 Å². The molecule has 1 unspecified atom stereocenters. The fraction of sp³-hybridized carbons (Fsp3) is 0.533. The Morgan fingerprint density at radius 3 is 2.75 bits per heavy atom. The maximum atomic E-state index is 11.9. The molecule has 1 saturated heterocycles. The normalized spacial score (nSPS) is 17.9. The van der Waals surface area contributed by atoms with Gasteiger partial charge in [-0.25, -0.2) is 0 Å². The molecule has 4 nitrogen and oxygen atoms in total. The van der Waals surface area contributed by atoms with E-state index in [1.54, 1.807) is 0 Å². The van der Waals surface area contributed by atoms with Gasteiger partial charge >= 0.3 is 0 Å². The SMILES string of the molecule is Cl.NCC1CCN(C(=O)CCOCc2ccccc2)C1. The molecule has 1 aromatic rings. The van der Waals surface area contributed by atoms with Crippen LogP contribution in [-0.2, 0) is 16.1 Å². The molecule has 1 aliphatic heterocycles. The number of carbonyl (C=O) groups is 1. The monoisotopic (exact) mass is 298 g/mol. The summed E-state index contributed by atoms with van der Waals surface area (Å²) in [4.78, 5) is 13.8. The smallest absolute Gasteiger partial charge is 0.224 e. The Bertz CT molecular complexity index is 400. The first-order valence-corrected chi connectivity index (χ1v) is 6.89. The van der Waals surface area contributed by atoms with E-state index in [2.05, 4.69) is 0 Å². The number of rotatable bonds is 6. The maximum Gasteiger partial charge on any atom is 0.224 e. The van der Waals surface area contributed by atoms with Gasteiger partial charge in [-0.15, -0.1) is 12.4 Å². The number of halogens is 1. The Morgan fingerprint density at radius 1 is 1.35 bits per heavy atom. The van der Waals surface area contributed by atoms with E-state index in [0.717, 1.165) is 25.1 Å². The van der Waals surface area contributed by atoms with E-state index in [0.29, 0.717) is 32.1 Å². The van der Waals surface area contributed by atoms with Gasteiger partial charge in [-0.1, -0.05) is 30.3 Å². The first-order chi connectivity index (χ1) is 9.29. The maximum absolute atomic E-state index is 11.9. The van der Waals surface area contributed by atoms with Gasteiger partial charge in [-0.05, 0) is 24.4 Å². The second-order valence-electron chi connectivity index (χ2n) is 5.02. The van der Waals surface area contributed by atoms with Crippen LogP contribution in [0.4, 0.5) is 0 Å². The zero-order valence-corrected chi connectivity index (χ0v) is 12.5. The van der Waals surface area contributed by atoms with Gasteiger partial charge in [0.15, 0.2) is 0 Å². The third-order valence-electron chi connectivity index (χ3n) is 3.54. The zero-order valence-electron chi connectivity index (χ0n) is 11.7. The number of benzene rings is 1. The lowest BCUT2D eigenvalue weighted by Gasteiger charge is -2.16. The number of likely N-dealkylation sites (tertiary alicyclic amines) is 1. The van der Waals surface area contributed by atoms with Crippen LogP contribution >= 0.6 is 12.4 Å². The molecule has 112 valence electrons. The van der Waals surface area contributed by atoms with Crippen molar-refractivity contribution in [1.29, 1.82) is 0 Å². The van der Waals surface area contributed by atoms with Gasteiger partial charge in [-0.3, -0.25) is 4.79 Å². The lowest BCUT2D eigenvalue weighted by Crippen LogP contribution is -2.30. The molecule has 0 saturated carbocycles. The third-order valence-corrected chi connectivity index (χ3v) is 3.54. The third kappa shape index (κ3) is 5.12. The highest BCUT2D eigenvalue weighted by molar-refractivity contribution is 5.85. The van der Waals surface area contributed by atoms with Crippen LogP contribution in [0.2, 0.25) is 0 Å². The van der Waals surface area contributed by atoms with Crippen LogP contribution < -0.4 is 5.73 Å². The van der Waals surface area contributed by atoms with Gasteiger partial charge < -0.3 is 15.4 Å². The van der Waals surface area contributed by atoms with Gasteiger partial charge in [0.1, 0.15) is 0 Å². The molecule has 1 fully saturated rings.